The fourth-order valence-corrected chi connectivity index (χ4v) is 3.72. The zero-order valence-corrected chi connectivity index (χ0v) is 18.3. The van der Waals surface area contributed by atoms with Gasteiger partial charge in [-0.25, -0.2) is 4.79 Å². The van der Waals surface area contributed by atoms with Crippen molar-refractivity contribution in [3.8, 4) is 0 Å². The van der Waals surface area contributed by atoms with Crippen molar-refractivity contribution in [2.75, 3.05) is 45.3 Å². The molecular weight excluding hydrogens is 374 g/mol. The van der Waals surface area contributed by atoms with Crippen LogP contribution in [0.1, 0.15) is 45.1 Å². The number of hydrogen-bond donors (Lipinski definition) is 1. The maximum absolute atomic E-state index is 11.9. The molecule has 156 valence electrons. The van der Waals surface area contributed by atoms with E-state index >= 15 is 0 Å². The van der Waals surface area contributed by atoms with Crippen molar-refractivity contribution in [1.82, 2.24) is 9.80 Å². The summed E-state index contributed by atoms with van der Waals surface area (Å²) < 4.78 is 10.4. The number of carbonyl (C=O) groups is 1. The predicted octanol–water partition coefficient (Wildman–Crippen LogP) is 4.08. The van der Waals surface area contributed by atoms with Gasteiger partial charge in [-0.1, -0.05) is 26.0 Å². The number of anilines is 1. The molecule has 28 heavy (non-hydrogen) atoms. The van der Waals surface area contributed by atoms with E-state index in [1.807, 2.05) is 6.92 Å². The zero-order chi connectivity index (χ0) is 20.5. The molecular formula is C21H33N3O3S. The molecule has 2 rings (SSSR count). The Bertz CT molecular complexity index is 628. The standard InChI is InChI=1S/C21H33N3O3S/c1-5-27-21(25)23-12-10-19(11-13-23)24(14-15-26-4)20(28)22-18-8-6-17(7-9-18)16(2)3/h6-9,16,19H,5,10-15H2,1-4H3,(H,22,28). The Morgan fingerprint density at radius 2 is 1.93 bits per heavy atom. The van der Waals surface area contributed by atoms with E-state index in [0.29, 0.717) is 37.3 Å². The number of carbonyl (C=O) groups excluding carboxylic acids is 1. The number of thiocarbonyl (C=S) groups is 1. The summed E-state index contributed by atoms with van der Waals surface area (Å²) in [5.74, 6) is 0.504. The molecule has 0 aromatic heterocycles. The first kappa shape index (κ1) is 22.4. The van der Waals surface area contributed by atoms with Crippen LogP contribution in [0, 0.1) is 0 Å². The fraction of sp³-hybridized carbons (Fsp3) is 0.619. The molecule has 0 atom stereocenters. The first-order valence-corrected chi connectivity index (χ1v) is 10.4. The summed E-state index contributed by atoms with van der Waals surface area (Å²) in [6.45, 7) is 9.28. The molecule has 1 amide bonds. The summed E-state index contributed by atoms with van der Waals surface area (Å²) in [5.41, 5.74) is 2.29. The number of nitrogens with one attached hydrogen (secondary N) is 1. The number of rotatable bonds is 7. The first-order chi connectivity index (χ1) is 13.5. The van der Waals surface area contributed by atoms with Crippen molar-refractivity contribution in [3.05, 3.63) is 29.8 Å². The van der Waals surface area contributed by atoms with Crippen LogP contribution in [0.5, 0.6) is 0 Å². The van der Waals surface area contributed by atoms with E-state index in [4.69, 9.17) is 21.7 Å². The highest BCUT2D eigenvalue weighted by Crippen LogP contribution is 2.21. The fourth-order valence-electron chi connectivity index (χ4n) is 3.36. The number of benzene rings is 1. The van der Waals surface area contributed by atoms with E-state index in [2.05, 4.69) is 48.3 Å². The van der Waals surface area contributed by atoms with Gasteiger partial charge in [0.05, 0.1) is 13.2 Å². The normalized spacial score (nSPS) is 14.8. The van der Waals surface area contributed by atoms with Crippen LogP contribution in [0.2, 0.25) is 0 Å². The summed E-state index contributed by atoms with van der Waals surface area (Å²) in [4.78, 5) is 15.9. The lowest BCUT2D eigenvalue weighted by atomic mass is 10.0. The maximum Gasteiger partial charge on any atom is 0.409 e. The van der Waals surface area contributed by atoms with E-state index in [1.54, 1.807) is 12.0 Å². The Morgan fingerprint density at radius 3 is 2.46 bits per heavy atom. The van der Waals surface area contributed by atoms with Gasteiger partial charge in [-0.15, -0.1) is 0 Å². The minimum absolute atomic E-state index is 0.227. The van der Waals surface area contributed by atoms with Crippen molar-refractivity contribution in [2.24, 2.45) is 0 Å². The SMILES string of the molecule is CCOC(=O)N1CCC(N(CCOC)C(=S)Nc2ccc(C(C)C)cc2)CC1. The van der Waals surface area contributed by atoms with E-state index in [1.165, 1.54) is 5.56 Å². The second-order valence-electron chi connectivity index (χ2n) is 7.31. The zero-order valence-electron chi connectivity index (χ0n) is 17.4. The molecule has 0 radical (unpaired) electrons. The van der Waals surface area contributed by atoms with E-state index in [9.17, 15) is 4.79 Å². The molecule has 1 fully saturated rings. The van der Waals surface area contributed by atoms with Gasteiger partial charge in [0.2, 0.25) is 0 Å². The lowest BCUT2D eigenvalue weighted by Crippen LogP contribution is -2.50. The molecule has 1 N–H and O–H groups in total. The smallest absolute Gasteiger partial charge is 0.409 e. The van der Waals surface area contributed by atoms with E-state index < -0.39 is 0 Å². The highest BCUT2D eigenvalue weighted by molar-refractivity contribution is 7.80. The highest BCUT2D eigenvalue weighted by Gasteiger charge is 2.28. The maximum atomic E-state index is 11.9. The number of amides is 1. The highest BCUT2D eigenvalue weighted by atomic mass is 32.1. The Morgan fingerprint density at radius 1 is 1.29 bits per heavy atom. The largest absolute Gasteiger partial charge is 0.450 e. The molecule has 1 aromatic rings. The summed E-state index contributed by atoms with van der Waals surface area (Å²) in [5, 5.41) is 4.06. The van der Waals surface area contributed by atoms with Crippen LogP contribution >= 0.6 is 12.2 Å². The molecule has 0 spiro atoms. The number of likely N-dealkylation sites (tertiary alicyclic amines) is 1. The summed E-state index contributed by atoms with van der Waals surface area (Å²) in [7, 11) is 1.70. The third kappa shape index (κ3) is 6.34. The van der Waals surface area contributed by atoms with Gasteiger partial charge in [0.25, 0.3) is 0 Å². The average molecular weight is 408 g/mol. The van der Waals surface area contributed by atoms with Crippen LogP contribution in [0.4, 0.5) is 10.5 Å². The Labute approximate surface area is 174 Å². The predicted molar refractivity (Wildman–Crippen MR) is 117 cm³/mol. The Hall–Kier alpha value is -1.86. The molecule has 7 heteroatoms. The van der Waals surface area contributed by atoms with Crippen LogP contribution < -0.4 is 5.32 Å². The van der Waals surface area contributed by atoms with Gasteiger partial charge in [-0.3, -0.25) is 0 Å². The van der Waals surface area contributed by atoms with Crippen molar-refractivity contribution in [2.45, 2.75) is 45.6 Å². The topological polar surface area (TPSA) is 54.0 Å². The van der Waals surface area contributed by atoms with Crippen molar-refractivity contribution >= 4 is 29.1 Å². The minimum atomic E-state index is -0.227. The molecule has 0 aliphatic carbocycles. The third-order valence-corrected chi connectivity index (χ3v) is 5.39. The molecule has 0 saturated carbocycles. The Kier molecular flexibility index (Phi) is 8.99. The van der Waals surface area contributed by atoms with Gasteiger partial charge in [0, 0.05) is 38.5 Å². The van der Waals surface area contributed by atoms with Crippen LogP contribution in [-0.2, 0) is 9.47 Å². The number of nitrogens with zero attached hydrogens (tertiary/aromatic N) is 2. The van der Waals surface area contributed by atoms with Gasteiger partial charge in [0.1, 0.15) is 0 Å². The van der Waals surface area contributed by atoms with Crippen LogP contribution in [-0.4, -0.2) is 67.0 Å². The molecule has 0 bridgehead atoms. The molecule has 6 nitrogen and oxygen atoms in total. The van der Waals surface area contributed by atoms with Crippen LogP contribution in [0.3, 0.4) is 0 Å². The second kappa shape index (κ2) is 11.2. The summed E-state index contributed by atoms with van der Waals surface area (Å²) in [6.07, 6.45) is 1.49. The molecule has 1 saturated heterocycles. The van der Waals surface area contributed by atoms with Gasteiger partial charge < -0.3 is 24.6 Å². The minimum Gasteiger partial charge on any atom is -0.450 e. The van der Waals surface area contributed by atoms with E-state index in [-0.39, 0.29) is 12.1 Å². The van der Waals surface area contributed by atoms with Gasteiger partial charge >= 0.3 is 6.09 Å². The Balaban J connectivity index is 1.98. The lowest BCUT2D eigenvalue weighted by molar-refractivity contribution is 0.0829. The summed E-state index contributed by atoms with van der Waals surface area (Å²) >= 11 is 5.71. The molecule has 1 aliphatic rings. The third-order valence-electron chi connectivity index (χ3n) is 5.06. The molecule has 1 aliphatic heterocycles. The number of methoxy groups -OCH3 is 1. The number of ether oxygens (including phenoxy) is 2. The van der Waals surface area contributed by atoms with Crippen LogP contribution in [0.15, 0.2) is 24.3 Å². The van der Waals surface area contributed by atoms with Gasteiger partial charge in [-0.2, -0.15) is 0 Å². The molecule has 1 heterocycles. The first-order valence-electron chi connectivity index (χ1n) is 10.0. The number of piperidine rings is 1. The summed E-state index contributed by atoms with van der Waals surface area (Å²) in [6, 6.07) is 8.68. The van der Waals surface area contributed by atoms with Crippen LogP contribution in [0.25, 0.3) is 0 Å². The van der Waals surface area contributed by atoms with Crippen molar-refractivity contribution in [3.63, 3.8) is 0 Å². The quantitative estimate of drug-likeness (QED) is 0.688. The lowest BCUT2D eigenvalue weighted by Gasteiger charge is -2.39. The van der Waals surface area contributed by atoms with Gasteiger partial charge in [0.15, 0.2) is 5.11 Å². The molecule has 0 unspecified atom stereocenters. The number of hydrogen-bond acceptors (Lipinski definition) is 4. The van der Waals surface area contributed by atoms with Crippen molar-refractivity contribution in [1.29, 1.82) is 0 Å². The average Bonchev–Trinajstić information content (AvgIpc) is 2.69. The monoisotopic (exact) mass is 407 g/mol. The van der Waals surface area contributed by atoms with E-state index in [0.717, 1.165) is 25.1 Å². The van der Waals surface area contributed by atoms with Gasteiger partial charge in [-0.05, 0) is 55.6 Å². The molecule has 1 aromatic carbocycles. The second-order valence-corrected chi connectivity index (χ2v) is 7.70. The van der Waals surface area contributed by atoms with Crippen molar-refractivity contribution < 1.29 is 14.3 Å².